The molecule has 0 radical (unpaired) electrons. The van der Waals surface area contributed by atoms with Gasteiger partial charge >= 0.3 is 0 Å². The number of carbonyl (C=O) groups excluding carboxylic acids is 1. The molecule has 0 aliphatic heterocycles. The van der Waals surface area contributed by atoms with Gasteiger partial charge in [-0.25, -0.2) is 8.42 Å². The van der Waals surface area contributed by atoms with Crippen molar-refractivity contribution >= 4 is 16.0 Å². The van der Waals surface area contributed by atoms with Crippen LogP contribution in [0.25, 0.3) is 0 Å². The lowest BCUT2D eigenvalue weighted by Gasteiger charge is -2.63. The largest absolute Gasteiger partial charge is 0.748 e. The number of aliphatic hydroxyl groups excluding tert-OH is 3. The normalized spacial score (nSPS) is 39.1. The minimum absolute atomic E-state index is 0. The first-order chi connectivity index (χ1) is 19.5. The minimum Gasteiger partial charge on any atom is -0.748 e. The van der Waals surface area contributed by atoms with Gasteiger partial charge in [0.2, 0.25) is 5.91 Å². The van der Waals surface area contributed by atoms with E-state index in [0.717, 1.165) is 64.3 Å². The van der Waals surface area contributed by atoms with E-state index in [1.165, 1.54) is 0 Å². The summed E-state index contributed by atoms with van der Waals surface area (Å²) in [5.41, 5.74) is -0.191. The molecule has 1 amide bonds. The number of rotatable bonds is 12. The van der Waals surface area contributed by atoms with Crippen molar-refractivity contribution < 1.29 is 48.5 Å². The number of hydrogen-bond acceptors (Lipinski definition) is 7. The second-order valence-electron chi connectivity index (χ2n) is 15.7. The van der Waals surface area contributed by atoms with E-state index in [4.69, 9.17) is 0 Å². The Kier molecular flexibility index (Phi) is 13.3. The van der Waals surface area contributed by atoms with Gasteiger partial charge in [0.1, 0.15) is 0 Å². The number of carbonyl (C=O) groups is 1. The van der Waals surface area contributed by atoms with Crippen molar-refractivity contribution in [2.45, 2.75) is 110 Å². The second-order valence-corrected chi connectivity index (χ2v) is 17.3. The van der Waals surface area contributed by atoms with Gasteiger partial charge in [-0.1, -0.05) is 20.8 Å². The summed E-state index contributed by atoms with van der Waals surface area (Å²) >= 11 is 0. The van der Waals surface area contributed by atoms with Crippen molar-refractivity contribution in [3.63, 3.8) is 0 Å². The van der Waals surface area contributed by atoms with E-state index in [2.05, 4.69) is 26.1 Å². The maximum atomic E-state index is 12.7. The van der Waals surface area contributed by atoms with Crippen LogP contribution >= 0.6 is 0 Å². The highest BCUT2D eigenvalue weighted by Gasteiger charge is 2.65. The van der Waals surface area contributed by atoms with Gasteiger partial charge in [0, 0.05) is 31.6 Å². The zero-order valence-electron chi connectivity index (χ0n) is 27.6. The molecule has 0 aromatic carbocycles. The zero-order valence-corrected chi connectivity index (χ0v) is 28.4. The lowest BCUT2D eigenvalue weighted by Crippen LogP contribution is -2.62. The number of nitrogens with one attached hydrogen (secondary N) is 1. The van der Waals surface area contributed by atoms with Crippen molar-refractivity contribution in [1.29, 1.82) is 0 Å². The molecule has 44 heavy (non-hydrogen) atoms. The molecule has 0 saturated heterocycles. The van der Waals surface area contributed by atoms with Gasteiger partial charge in [-0.05, 0) is 97.7 Å². The molecule has 4 saturated carbocycles. The maximum absolute atomic E-state index is 12.7. The lowest BCUT2D eigenvalue weighted by molar-refractivity contribution is -0.890. The van der Waals surface area contributed by atoms with Crippen LogP contribution in [0.1, 0.15) is 91.4 Å². The first kappa shape index (κ1) is 39.3. The third kappa shape index (κ3) is 8.34. The Bertz CT molecular complexity index is 1060. The van der Waals surface area contributed by atoms with E-state index in [1.54, 1.807) is 0 Å². The van der Waals surface area contributed by atoms with Crippen LogP contribution in [0.15, 0.2) is 0 Å². The molecule has 11 nitrogen and oxygen atoms in total. The third-order valence-corrected chi connectivity index (χ3v) is 13.6. The number of fused-ring (bicyclic) bond motifs is 5. The van der Waals surface area contributed by atoms with Gasteiger partial charge in [0.05, 0.1) is 55.6 Å². The van der Waals surface area contributed by atoms with Crippen LogP contribution in [0.2, 0.25) is 0 Å². The van der Waals surface area contributed by atoms with E-state index in [-0.39, 0.29) is 63.4 Å². The molecule has 8 N–H and O–H groups in total. The summed E-state index contributed by atoms with van der Waals surface area (Å²) in [6.45, 7) is 8.78. The van der Waals surface area contributed by atoms with Crippen LogP contribution in [0, 0.1) is 46.3 Å². The fourth-order valence-electron chi connectivity index (χ4n) is 10.3. The molecule has 0 bridgehead atoms. The van der Waals surface area contributed by atoms with Crippen LogP contribution in [0.3, 0.4) is 0 Å². The topological polar surface area (TPSA) is 210 Å². The molecule has 4 fully saturated rings. The average molecular weight is 651 g/mol. The van der Waals surface area contributed by atoms with Gasteiger partial charge in [-0.2, -0.15) is 0 Å². The smallest absolute Gasteiger partial charge is 0.220 e. The van der Waals surface area contributed by atoms with Gasteiger partial charge < -0.3 is 40.6 Å². The van der Waals surface area contributed by atoms with Crippen LogP contribution in [-0.4, -0.2) is 107 Å². The Hall–Kier alpha value is -0.860. The van der Waals surface area contributed by atoms with Gasteiger partial charge in [0.15, 0.2) is 0 Å². The van der Waals surface area contributed by atoms with Gasteiger partial charge in [0.25, 0.3) is 0 Å². The highest BCUT2D eigenvalue weighted by Crippen LogP contribution is 2.68. The highest BCUT2D eigenvalue weighted by molar-refractivity contribution is 7.85. The summed E-state index contributed by atoms with van der Waals surface area (Å²) in [5.74, 6) is 1.38. The molecule has 0 aromatic heterocycles. The van der Waals surface area contributed by atoms with Crippen molar-refractivity contribution in [2.75, 3.05) is 39.5 Å². The first-order valence-corrected chi connectivity index (χ1v) is 18.1. The summed E-state index contributed by atoms with van der Waals surface area (Å²) in [6, 6.07) is 0. The van der Waals surface area contributed by atoms with E-state index >= 15 is 0 Å². The van der Waals surface area contributed by atoms with E-state index in [9.17, 15) is 33.1 Å². The molecule has 4 aliphatic carbocycles. The fraction of sp³-hybridized carbons (Fsp3) is 0.969. The zero-order chi connectivity index (χ0) is 31.1. The number of aliphatic hydroxyl groups is 3. The molecule has 0 aromatic rings. The van der Waals surface area contributed by atoms with Crippen LogP contribution in [0.4, 0.5) is 0 Å². The predicted molar refractivity (Wildman–Crippen MR) is 168 cm³/mol. The Balaban J connectivity index is 0.00000337. The number of hydrogen-bond donors (Lipinski definition) is 4. The summed E-state index contributed by atoms with van der Waals surface area (Å²) < 4.78 is 33.1. The van der Waals surface area contributed by atoms with Crippen molar-refractivity contribution in [2.24, 2.45) is 46.3 Å². The van der Waals surface area contributed by atoms with E-state index in [0.29, 0.717) is 48.2 Å². The average Bonchev–Trinajstić information content (AvgIpc) is 3.24. The van der Waals surface area contributed by atoms with Crippen molar-refractivity contribution in [3.8, 4) is 0 Å². The molecule has 0 spiro atoms. The molecular formula is C32H62N2O9S. The third-order valence-electron chi connectivity index (χ3n) is 12.8. The lowest BCUT2D eigenvalue weighted by atomic mass is 9.43. The standard InChI is InChI=1S/C32H58N2O7S.2H2O/c1-21(8-11-29(38)33-14-6-15-34(4,5)16-7-17-42(39,40)41)24-9-10-25-30-26(20-28(37)32(24,25)3)31(2)13-12-23(35)18-22(31)19-27(30)36;;/h21-28,30,35-37H,6-20H2,1-5H3,(H-,33,38,39,40,41);2*1H2. The molecule has 260 valence electrons. The molecule has 11 atom stereocenters. The molecule has 11 unspecified atom stereocenters. The van der Waals surface area contributed by atoms with Crippen LogP contribution in [0.5, 0.6) is 0 Å². The summed E-state index contributed by atoms with van der Waals surface area (Å²) in [5, 5.41) is 36.6. The van der Waals surface area contributed by atoms with E-state index < -0.39 is 16.2 Å². The summed E-state index contributed by atoms with van der Waals surface area (Å²) in [6.07, 6.45) is 7.35. The number of nitrogens with zero attached hydrogens (tertiary/aromatic N) is 1. The molecular weight excluding hydrogens is 588 g/mol. The Morgan fingerprint density at radius 3 is 2.32 bits per heavy atom. The first-order valence-electron chi connectivity index (χ1n) is 16.5. The summed E-state index contributed by atoms with van der Waals surface area (Å²) in [7, 11) is -0.177. The molecule has 4 rings (SSSR count). The second kappa shape index (κ2) is 14.9. The predicted octanol–water partition coefficient (Wildman–Crippen LogP) is 1.23. The maximum Gasteiger partial charge on any atom is 0.220 e. The Labute approximate surface area is 265 Å². The Morgan fingerprint density at radius 1 is 1.00 bits per heavy atom. The monoisotopic (exact) mass is 650 g/mol. The molecule has 4 aliphatic rings. The SMILES string of the molecule is CC(CCC(=O)NCCC[N+](C)(C)CCCS(=O)(=O)[O-])C1CCC2C3C(O)CC4CC(O)CCC4(C)C3CC(O)C12C.O.O. The molecule has 12 heteroatoms. The highest BCUT2D eigenvalue weighted by atomic mass is 32.2. The quantitative estimate of drug-likeness (QED) is 0.138. The van der Waals surface area contributed by atoms with Crippen LogP contribution in [-0.2, 0) is 14.9 Å². The number of quaternary nitrogens is 1. The fourth-order valence-corrected chi connectivity index (χ4v) is 10.8. The summed E-state index contributed by atoms with van der Waals surface area (Å²) in [4.78, 5) is 12.7. The van der Waals surface area contributed by atoms with Crippen LogP contribution < -0.4 is 5.32 Å². The van der Waals surface area contributed by atoms with Crippen molar-refractivity contribution in [3.05, 3.63) is 0 Å². The molecule has 0 heterocycles. The Morgan fingerprint density at radius 2 is 1.66 bits per heavy atom. The van der Waals surface area contributed by atoms with Gasteiger partial charge in [-0.3, -0.25) is 4.79 Å². The van der Waals surface area contributed by atoms with Gasteiger partial charge in [-0.15, -0.1) is 0 Å². The minimum atomic E-state index is -4.18. The van der Waals surface area contributed by atoms with E-state index in [1.807, 2.05) is 14.1 Å². The van der Waals surface area contributed by atoms with Crippen molar-refractivity contribution in [1.82, 2.24) is 5.32 Å². The number of amides is 1.